The number of thiazole rings is 1. The van der Waals surface area contributed by atoms with Crippen LogP contribution in [0, 0.1) is 6.92 Å². The number of hydrogen-bond acceptors (Lipinski definition) is 4. The van der Waals surface area contributed by atoms with Crippen molar-refractivity contribution in [3.63, 3.8) is 0 Å². The number of nitrogens with one attached hydrogen (secondary N) is 2. The van der Waals surface area contributed by atoms with Crippen molar-refractivity contribution < 1.29 is 9.59 Å². The Labute approximate surface area is 182 Å². The van der Waals surface area contributed by atoms with Crippen molar-refractivity contribution >= 4 is 44.3 Å². The van der Waals surface area contributed by atoms with E-state index in [4.69, 9.17) is 0 Å². The van der Waals surface area contributed by atoms with Crippen LogP contribution in [0.2, 0.25) is 0 Å². The average molecular weight is 473 g/mol. The van der Waals surface area contributed by atoms with E-state index in [1.54, 1.807) is 12.1 Å². The van der Waals surface area contributed by atoms with Crippen LogP contribution in [0.25, 0.3) is 11.3 Å². The first-order chi connectivity index (χ1) is 14.0. The minimum absolute atomic E-state index is 0.378. The number of rotatable bonds is 5. The number of anilines is 1. The van der Waals surface area contributed by atoms with Gasteiger partial charge in [0.1, 0.15) is 0 Å². The van der Waals surface area contributed by atoms with E-state index in [-0.39, 0.29) is 5.91 Å². The lowest BCUT2D eigenvalue weighted by atomic mass is 10.1. The molecule has 0 fully saturated rings. The molecule has 29 heavy (non-hydrogen) atoms. The molecule has 0 aliphatic rings. The first-order valence-corrected chi connectivity index (χ1v) is 10.8. The molecule has 0 bridgehead atoms. The third-order valence-electron chi connectivity index (χ3n) is 4.08. The highest BCUT2D eigenvalue weighted by molar-refractivity contribution is 9.10. The molecule has 3 amide bonds. The molecular formula is C21H21BrN4O2S. The minimum atomic E-state index is -0.427. The van der Waals surface area contributed by atoms with Gasteiger partial charge in [-0.15, -0.1) is 11.3 Å². The molecular weight excluding hydrogens is 452 g/mol. The molecule has 0 saturated heterocycles. The summed E-state index contributed by atoms with van der Waals surface area (Å²) in [6.45, 7) is 4.41. The van der Waals surface area contributed by atoms with Gasteiger partial charge in [0.05, 0.1) is 5.69 Å². The SMILES string of the molecule is CCCNC(=O)N(NC(=O)c1ccc(C)cc1)c1nc(-c2ccc(Br)cc2)cs1. The van der Waals surface area contributed by atoms with Crippen LogP contribution in [0.15, 0.2) is 58.4 Å². The van der Waals surface area contributed by atoms with E-state index in [0.29, 0.717) is 17.2 Å². The summed E-state index contributed by atoms with van der Waals surface area (Å²) in [4.78, 5) is 29.9. The number of urea groups is 1. The molecule has 3 rings (SSSR count). The molecule has 8 heteroatoms. The van der Waals surface area contributed by atoms with Crippen LogP contribution < -0.4 is 15.8 Å². The number of aromatic nitrogens is 1. The summed E-state index contributed by atoms with van der Waals surface area (Å²) in [5.74, 6) is -0.378. The Balaban J connectivity index is 1.85. The topological polar surface area (TPSA) is 74.3 Å². The van der Waals surface area contributed by atoms with Gasteiger partial charge in [-0.1, -0.05) is 52.7 Å². The number of carbonyl (C=O) groups excluding carboxylic acids is 2. The lowest BCUT2D eigenvalue weighted by molar-refractivity contribution is 0.0950. The van der Waals surface area contributed by atoms with E-state index >= 15 is 0 Å². The third kappa shape index (κ3) is 5.42. The molecule has 0 aliphatic heterocycles. The fourth-order valence-electron chi connectivity index (χ4n) is 2.49. The van der Waals surface area contributed by atoms with Crippen LogP contribution in [0.1, 0.15) is 29.3 Å². The molecule has 6 nitrogen and oxygen atoms in total. The second kappa shape index (κ2) is 9.67. The van der Waals surface area contributed by atoms with Crippen LogP contribution in [-0.4, -0.2) is 23.5 Å². The van der Waals surface area contributed by atoms with Crippen molar-refractivity contribution in [2.24, 2.45) is 0 Å². The molecule has 150 valence electrons. The standard InChI is InChI=1S/C21H21BrN4O2S/c1-3-12-23-20(28)26(25-19(27)16-6-4-14(2)5-7-16)21-24-18(13-29-21)15-8-10-17(22)11-9-15/h4-11,13H,3,12H2,1-2H3,(H,23,28)(H,25,27). The largest absolute Gasteiger partial charge is 0.343 e. The van der Waals surface area contributed by atoms with Crippen LogP contribution in [0.3, 0.4) is 0 Å². The second-order valence-electron chi connectivity index (χ2n) is 6.40. The highest BCUT2D eigenvalue weighted by Gasteiger charge is 2.22. The highest BCUT2D eigenvalue weighted by atomic mass is 79.9. The Morgan fingerprint density at radius 1 is 1.10 bits per heavy atom. The molecule has 0 unspecified atom stereocenters. The zero-order valence-electron chi connectivity index (χ0n) is 16.1. The molecule has 1 aromatic heterocycles. The van der Waals surface area contributed by atoms with Gasteiger partial charge in [-0.25, -0.2) is 9.78 Å². The number of nitrogens with zero attached hydrogens (tertiary/aromatic N) is 2. The van der Waals surface area contributed by atoms with Crippen LogP contribution in [0.4, 0.5) is 9.93 Å². The van der Waals surface area contributed by atoms with Gasteiger partial charge < -0.3 is 5.32 Å². The van der Waals surface area contributed by atoms with Crippen molar-refractivity contribution in [3.8, 4) is 11.3 Å². The van der Waals surface area contributed by atoms with E-state index < -0.39 is 6.03 Å². The highest BCUT2D eigenvalue weighted by Crippen LogP contribution is 2.28. The molecule has 0 saturated carbocycles. The Morgan fingerprint density at radius 3 is 2.45 bits per heavy atom. The zero-order valence-corrected chi connectivity index (χ0v) is 18.5. The van der Waals surface area contributed by atoms with E-state index in [9.17, 15) is 9.59 Å². The van der Waals surface area contributed by atoms with Gasteiger partial charge in [0.25, 0.3) is 5.91 Å². The predicted molar refractivity (Wildman–Crippen MR) is 120 cm³/mol. The molecule has 0 atom stereocenters. The maximum Gasteiger partial charge on any atom is 0.343 e. The van der Waals surface area contributed by atoms with Gasteiger partial charge in [-0.3, -0.25) is 10.2 Å². The Kier molecular flexibility index (Phi) is 7.00. The summed E-state index contributed by atoms with van der Waals surface area (Å²) in [6, 6.07) is 14.5. The summed E-state index contributed by atoms with van der Waals surface area (Å²) < 4.78 is 0.975. The zero-order chi connectivity index (χ0) is 20.8. The average Bonchev–Trinajstić information content (AvgIpc) is 3.21. The van der Waals surface area contributed by atoms with E-state index in [1.807, 2.05) is 55.6 Å². The summed E-state index contributed by atoms with van der Waals surface area (Å²) >= 11 is 4.70. The summed E-state index contributed by atoms with van der Waals surface area (Å²) in [6.07, 6.45) is 0.785. The van der Waals surface area contributed by atoms with Gasteiger partial charge in [0.2, 0.25) is 5.13 Å². The first kappa shape index (κ1) is 21.0. The van der Waals surface area contributed by atoms with Crippen LogP contribution in [0.5, 0.6) is 0 Å². The number of aryl methyl sites for hydroxylation is 1. The second-order valence-corrected chi connectivity index (χ2v) is 8.15. The monoisotopic (exact) mass is 472 g/mol. The fraction of sp³-hybridized carbons (Fsp3) is 0.190. The molecule has 3 aromatic rings. The van der Waals surface area contributed by atoms with E-state index in [0.717, 1.165) is 27.7 Å². The van der Waals surface area contributed by atoms with E-state index in [2.05, 4.69) is 31.7 Å². The van der Waals surface area contributed by atoms with Crippen LogP contribution >= 0.6 is 27.3 Å². The number of halogens is 1. The van der Waals surface area contributed by atoms with E-state index in [1.165, 1.54) is 16.3 Å². The maximum atomic E-state index is 12.7. The maximum absolute atomic E-state index is 12.7. The van der Waals surface area contributed by atoms with Gasteiger partial charge in [-0.2, -0.15) is 5.01 Å². The smallest absolute Gasteiger partial charge is 0.336 e. The molecule has 0 spiro atoms. The van der Waals surface area contributed by atoms with Crippen molar-refractivity contribution in [3.05, 3.63) is 69.5 Å². The Hall–Kier alpha value is -2.71. The summed E-state index contributed by atoms with van der Waals surface area (Å²) in [5.41, 5.74) is 5.85. The van der Waals surface area contributed by atoms with Gasteiger partial charge >= 0.3 is 6.03 Å². The molecule has 2 N–H and O–H groups in total. The molecule has 2 aromatic carbocycles. The number of amides is 3. The Morgan fingerprint density at radius 2 is 1.79 bits per heavy atom. The third-order valence-corrected chi connectivity index (χ3v) is 5.43. The Bertz CT molecular complexity index is 987. The van der Waals surface area contributed by atoms with Gasteiger partial charge in [0.15, 0.2) is 0 Å². The fourth-order valence-corrected chi connectivity index (χ4v) is 3.54. The normalized spacial score (nSPS) is 10.4. The van der Waals surface area contributed by atoms with Gasteiger partial charge in [-0.05, 0) is 37.6 Å². The van der Waals surface area contributed by atoms with Crippen molar-refractivity contribution in [2.45, 2.75) is 20.3 Å². The predicted octanol–water partition coefficient (Wildman–Crippen LogP) is 5.15. The number of benzene rings is 2. The lowest BCUT2D eigenvalue weighted by Gasteiger charge is -2.21. The molecule has 0 radical (unpaired) electrons. The number of hydrogen-bond donors (Lipinski definition) is 2. The molecule has 0 aliphatic carbocycles. The number of carbonyl (C=O) groups is 2. The van der Waals surface area contributed by atoms with Crippen molar-refractivity contribution in [1.82, 2.24) is 15.7 Å². The quantitative estimate of drug-likeness (QED) is 0.504. The van der Waals surface area contributed by atoms with Crippen molar-refractivity contribution in [1.29, 1.82) is 0 Å². The first-order valence-electron chi connectivity index (χ1n) is 9.15. The summed E-state index contributed by atoms with van der Waals surface area (Å²) in [5, 5.41) is 6.20. The van der Waals surface area contributed by atoms with Gasteiger partial charge in [0, 0.05) is 27.5 Å². The van der Waals surface area contributed by atoms with Crippen molar-refractivity contribution in [2.75, 3.05) is 11.6 Å². The number of hydrazine groups is 1. The summed E-state index contributed by atoms with van der Waals surface area (Å²) in [7, 11) is 0. The lowest BCUT2D eigenvalue weighted by Crippen LogP contribution is -2.51. The molecule has 1 heterocycles. The minimum Gasteiger partial charge on any atom is -0.336 e. The van der Waals surface area contributed by atoms with Crippen LogP contribution in [-0.2, 0) is 0 Å².